The van der Waals surface area contributed by atoms with Crippen molar-refractivity contribution in [1.29, 1.82) is 0 Å². The number of hydrogen-bond acceptors (Lipinski definition) is 28. The number of carbonyl (C=O) groups is 3. The summed E-state index contributed by atoms with van der Waals surface area (Å²) in [6.45, 7) is 22.7. The monoisotopic (exact) mass is 1700 g/mol. The minimum absolute atomic E-state index is 0. The molecule has 7 fully saturated rings. The summed E-state index contributed by atoms with van der Waals surface area (Å²) in [6.07, 6.45) is 22.5. The number of isocyanates is 1. The fourth-order valence-corrected chi connectivity index (χ4v) is 10.6. The molecule has 118 heavy (non-hydrogen) atoms. The van der Waals surface area contributed by atoms with Gasteiger partial charge < -0.3 is 70.8 Å². The van der Waals surface area contributed by atoms with E-state index >= 15 is 0 Å². The smallest absolute Gasteiger partial charge is 0.476 e. The van der Waals surface area contributed by atoms with E-state index in [1.165, 1.54) is 96.6 Å². The molecule has 2 amide bonds. The molecule has 7 aliphatic rings. The van der Waals surface area contributed by atoms with Gasteiger partial charge in [-0.2, -0.15) is 0 Å². The number of nitrogens with one attached hydrogen (secondary N) is 2. The number of nitrogen functional groups attached to an aromatic ring is 6. The van der Waals surface area contributed by atoms with Crippen LogP contribution in [0.15, 0.2) is 100.0 Å². The normalized spacial score (nSPS) is 14.0. The maximum absolute atomic E-state index is 12.1. The van der Waals surface area contributed by atoms with Crippen LogP contribution >= 0.6 is 23.2 Å². The average Bonchev–Trinajstić information content (AvgIpc) is 1.66. The largest absolute Gasteiger partial charge is 1.00 e. The number of amides is 2. The number of carboxylic acids is 1. The van der Waals surface area contributed by atoms with Gasteiger partial charge in [-0.25, -0.2) is 54.9 Å². The average molecular weight is 1710 g/mol. The van der Waals surface area contributed by atoms with Crippen LogP contribution in [0.1, 0.15) is 225 Å². The number of carboxylic acid groups (broad SMARTS) is 1. The minimum atomic E-state index is -1.06. The Bertz CT molecular complexity index is 4960. The second-order valence-corrected chi connectivity index (χ2v) is 28.3. The molecule has 0 aromatic carbocycles. The number of nitrogens with two attached hydrogens (primary N) is 7. The van der Waals surface area contributed by atoms with Crippen molar-refractivity contribution in [2.75, 3.05) is 54.0 Å². The molecule has 7 aliphatic carbocycles. The second kappa shape index (κ2) is 52.8. The summed E-state index contributed by atoms with van der Waals surface area (Å²) in [5, 5.41) is 24.8. The third-order valence-corrected chi connectivity index (χ3v) is 17.6. The number of carbonyl (C=O) groups excluding carboxylic acids is 3. The van der Waals surface area contributed by atoms with Gasteiger partial charge in [0.05, 0.1) is 12.1 Å². The van der Waals surface area contributed by atoms with E-state index in [0.717, 1.165) is 126 Å². The van der Waals surface area contributed by atoms with E-state index in [-0.39, 0.29) is 142 Å². The van der Waals surface area contributed by atoms with Gasteiger partial charge in [-0.3, -0.25) is 74.4 Å². The number of urea groups is 1. The first-order chi connectivity index (χ1) is 55.6. The van der Waals surface area contributed by atoms with Gasteiger partial charge in [-0.05, 0) is 164 Å². The zero-order valence-electron chi connectivity index (χ0n) is 67.9. The van der Waals surface area contributed by atoms with E-state index in [0.29, 0.717) is 80.0 Å². The zero-order valence-corrected chi connectivity index (χ0v) is 71.4. The Morgan fingerprint density at radius 2 is 0.949 bits per heavy atom. The molecule has 0 saturated heterocycles. The van der Waals surface area contributed by atoms with Gasteiger partial charge in [-0.1, -0.05) is 60.1 Å². The summed E-state index contributed by atoms with van der Waals surface area (Å²) in [7, 11) is 0. The molecule has 6 aromatic heterocycles. The van der Waals surface area contributed by atoms with Crippen LogP contribution < -0.4 is 137 Å². The molecule has 0 atom stereocenters. The van der Waals surface area contributed by atoms with E-state index in [4.69, 9.17) is 85.1 Å². The predicted molar refractivity (Wildman–Crippen MR) is 450 cm³/mol. The van der Waals surface area contributed by atoms with E-state index in [9.17, 15) is 72.0 Å². The van der Waals surface area contributed by atoms with Crippen LogP contribution in [0.4, 0.5) is 45.3 Å². The van der Waals surface area contributed by atoms with Crippen LogP contribution in [-0.2, 0) is 42.3 Å². The van der Waals surface area contributed by atoms with Gasteiger partial charge in [0, 0.05) is 107 Å². The zero-order chi connectivity index (χ0) is 87.9. The van der Waals surface area contributed by atoms with Gasteiger partial charge >= 0.3 is 76.6 Å². The molecular weight excluding hydrogens is 1590 g/mol. The maximum Gasteiger partial charge on any atom is 1.00 e. The van der Waals surface area contributed by atoms with Crippen molar-refractivity contribution in [2.45, 2.75) is 258 Å². The molecular formula is C73H111Cl2N24NaO18. The quantitative estimate of drug-likeness (QED) is 0.00644. The molecule has 0 bridgehead atoms. The van der Waals surface area contributed by atoms with Crippen LogP contribution in [0.5, 0.6) is 0 Å². The minimum Gasteiger partial charge on any atom is -0.476 e. The van der Waals surface area contributed by atoms with Gasteiger partial charge in [0.1, 0.15) is 39.9 Å². The van der Waals surface area contributed by atoms with Crippen molar-refractivity contribution in [3.05, 3.63) is 178 Å². The summed E-state index contributed by atoms with van der Waals surface area (Å²) < 4.78 is 13.4. The Hall–Kier alpha value is -10.8. The molecule has 0 unspecified atom stereocenters. The SMILES string of the molecule is CCCN=C=O.CCCNC(=O)NC1CC1.CCCn1c(=O)c(N)c(N)n(C2CC2)c1=O.CCCn1c(=O)c(N=O)c(N)n(C2CC2)c1=O.CCCn1c(=O)cc(N)n(C2CC2)c1=O.CCCn1c(=O)cc(N)n(C2CC2)c1=O.CCCn1c(N)cc(=O)n(C2CC2)c1=O.NC1CC1.O=C(Cl)c1ccc(Cl)nc1.O=N[O-].[C-]#[N+]CC(=O)O.[HH].[Na+]. The van der Waals surface area contributed by atoms with E-state index < -0.39 is 34.6 Å². The first-order valence-corrected chi connectivity index (χ1v) is 39.3. The fourth-order valence-electron chi connectivity index (χ4n) is 10.4. The van der Waals surface area contributed by atoms with Crippen LogP contribution in [0, 0.1) is 21.6 Å². The number of anilines is 6. The standard InChI is InChI=1S/C10H14N4O3.C10H16N4O2.3C10H15N3O2.C7H14N2O.C6H3Cl2NO.C4H7NO.C3H3NO2.C3H7N.HNO2.Na.H2/c1-2-5-13-9(15)7(12-17)8(11)14(10(13)16)6-3-4-6;1-2-5-13-9(15)7(11)8(12)14(10(13)16)6-3-4-6;2*1-2-5-12-9(14)6-8(11)13(10(12)15)7-3-4-7;1-2-5-12-8(11)6-9(14)13(10(12)15)7-3-4-7;1-2-5-8-7(10)9-6-3-4-6;7-5-2-1-4(3-9-5)6(8)10;1-2-3-5-4-6;1-4-2-3(5)6;4-3-1-2-3;2-1-3;;/h6H,2-5,11H2,1H3;6H,2-5,11-12H2,1H3;3*6-7H,2-5,11H2,1H3;6H,2-5H2,1H3,(H2,8,9,10);1-3H;2-3H2,1H3;2H2,(H,5,6);3H,1-2,4H2;(H,2,3);;1H/q;;;;;;;;;;;+1;/p-1. The van der Waals surface area contributed by atoms with Gasteiger partial charge in [0.15, 0.2) is 0 Å². The first kappa shape index (κ1) is 103. The van der Waals surface area contributed by atoms with Crippen LogP contribution in [0.3, 0.4) is 0 Å². The number of aliphatic imine (C=N–C) groups is 1. The summed E-state index contributed by atoms with van der Waals surface area (Å²) in [5.74, 6) is -0.205. The van der Waals surface area contributed by atoms with E-state index in [1.54, 1.807) is 0 Å². The summed E-state index contributed by atoms with van der Waals surface area (Å²) in [5.41, 5.74) is 35.6. The molecule has 7 saturated carbocycles. The van der Waals surface area contributed by atoms with E-state index in [2.05, 4.69) is 30.6 Å². The Labute approximate surface area is 710 Å². The maximum atomic E-state index is 12.1. The molecule has 6 heterocycles. The molecule has 6 aromatic rings. The number of rotatable bonds is 23. The number of halogens is 2. The van der Waals surface area contributed by atoms with Crippen molar-refractivity contribution in [2.24, 2.45) is 21.2 Å². The number of aliphatic carboxylic acids is 1. The predicted octanol–water partition coefficient (Wildman–Crippen LogP) is 2.97. The topological polar surface area (TPSA) is 626 Å². The van der Waals surface area contributed by atoms with Crippen molar-refractivity contribution in [1.82, 2.24) is 61.3 Å². The van der Waals surface area contributed by atoms with Crippen molar-refractivity contribution in [3.8, 4) is 0 Å². The van der Waals surface area contributed by atoms with Gasteiger partial charge in [-0.15, -0.1) is 10.2 Å². The molecule has 45 heteroatoms. The molecule has 17 N–H and O–H groups in total. The number of nitroso groups, excluding NO2 is 1. The second-order valence-electron chi connectivity index (χ2n) is 27.5. The molecule has 0 radical (unpaired) electrons. The summed E-state index contributed by atoms with van der Waals surface area (Å²) in [4.78, 5) is 186. The molecule has 13 rings (SSSR count). The van der Waals surface area contributed by atoms with Crippen LogP contribution in [-0.4, -0.2) is 111 Å². The van der Waals surface area contributed by atoms with Gasteiger partial charge in [0.25, 0.3) is 33.0 Å². The van der Waals surface area contributed by atoms with Crippen molar-refractivity contribution in [3.63, 3.8) is 0 Å². The van der Waals surface area contributed by atoms with Gasteiger partial charge in [0.2, 0.25) is 11.8 Å². The van der Waals surface area contributed by atoms with Crippen molar-refractivity contribution < 1.29 is 55.3 Å². The Morgan fingerprint density at radius 1 is 0.568 bits per heavy atom. The van der Waals surface area contributed by atoms with E-state index in [1.807, 2.05) is 48.5 Å². The van der Waals surface area contributed by atoms with Crippen LogP contribution in [0.25, 0.3) is 4.85 Å². The van der Waals surface area contributed by atoms with Crippen LogP contribution in [0.2, 0.25) is 5.15 Å². The third kappa shape index (κ3) is 34.0. The Morgan fingerprint density at radius 3 is 1.28 bits per heavy atom. The number of hydrogen-bond donors (Lipinski definition) is 10. The molecule has 0 aliphatic heterocycles. The Balaban J connectivity index is 0.000000671. The van der Waals surface area contributed by atoms with Crippen molar-refractivity contribution >= 4 is 87.0 Å². The Kier molecular flexibility index (Phi) is 46.2. The summed E-state index contributed by atoms with van der Waals surface area (Å²) in [6, 6.07) is 8.75. The number of nitrogens with zero attached hydrogens (tertiary/aromatic N) is 15. The molecule has 0 spiro atoms. The fraction of sp³-hybridized carbons (Fsp3) is 0.589. The number of pyridine rings is 1. The molecule has 646 valence electrons. The number of aromatic nitrogens is 11. The molecule has 42 nitrogen and oxygen atoms in total. The third-order valence-electron chi connectivity index (χ3n) is 17.1. The summed E-state index contributed by atoms with van der Waals surface area (Å²) >= 11 is 10.6. The first-order valence-electron chi connectivity index (χ1n) is 38.5.